The lowest BCUT2D eigenvalue weighted by Gasteiger charge is -2.10. The molecule has 0 amide bonds. The van der Waals surface area contributed by atoms with Crippen LogP contribution in [-0.4, -0.2) is 14.2 Å². The smallest absolute Gasteiger partial charge is 0.330 e. The van der Waals surface area contributed by atoms with Gasteiger partial charge in [-0.1, -0.05) is 0 Å². The molecule has 6 heteroatoms. The molecule has 0 aliphatic heterocycles. The minimum Gasteiger partial charge on any atom is -0.508 e. The molecule has 2 aromatic rings. The molecule has 0 spiro atoms. The van der Waals surface area contributed by atoms with E-state index < -0.39 is 0 Å². The van der Waals surface area contributed by atoms with Crippen molar-refractivity contribution in [3.05, 3.63) is 56.4 Å². The van der Waals surface area contributed by atoms with Crippen molar-refractivity contribution in [1.29, 1.82) is 0 Å². The van der Waals surface area contributed by atoms with E-state index in [1.165, 1.54) is 17.8 Å². The maximum atomic E-state index is 12.0. The van der Waals surface area contributed by atoms with Gasteiger partial charge in [-0.25, -0.2) is 4.79 Å². The number of rotatable bonds is 3. The number of aryl methyl sites for hydroxylation is 2. The van der Waals surface area contributed by atoms with Crippen LogP contribution < -0.4 is 16.6 Å². The Bertz CT molecular complexity index is 759. The number of phenols is 1. The highest BCUT2D eigenvalue weighted by Gasteiger charge is 2.06. The van der Waals surface area contributed by atoms with Gasteiger partial charge in [0, 0.05) is 32.5 Å². The number of benzene rings is 1. The fourth-order valence-corrected chi connectivity index (χ4v) is 1.97. The summed E-state index contributed by atoms with van der Waals surface area (Å²) in [7, 11) is 3.06. The topological polar surface area (TPSA) is 76.3 Å². The summed E-state index contributed by atoms with van der Waals surface area (Å²) in [5, 5.41) is 12.6. The van der Waals surface area contributed by atoms with Gasteiger partial charge in [0.25, 0.3) is 5.56 Å². The molecule has 20 heavy (non-hydrogen) atoms. The largest absolute Gasteiger partial charge is 0.508 e. The van der Waals surface area contributed by atoms with Gasteiger partial charge in [-0.3, -0.25) is 9.36 Å². The average Bonchev–Trinajstić information content (AvgIpc) is 2.42. The monoisotopic (exact) mass is 275 g/mol. The Morgan fingerprint density at radius 3 is 2.60 bits per heavy atom. The van der Waals surface area contributed by atoms with E-state index >= 15 is 0 Å². The molecule has 0 aliphatic carbocycles. The van der Waals surface area contributed by atoms with E-state index in [9.17, 15) is 14.7 Å². The summed E-state index contributed by atoms with van der Waals surface area (Å²) >= 11 is 0. The van der Waals surface area contributed by atoms with Crippen LogP contribution in [0.4, 0.5) is 5.69 Å². The predicted molar refractivity (Wildman–Crippen MR) is 77.1 cm³/mol. The maximum absolute atomic E-state index is 12.0. The molecule has 0 saturated carbocycles. The van der Waals surface area contributed by atoms with E-state index in [2.05, 4.69) is 5.32 Å². The molecule has 6 nitrogen and oxygen atoms in total. The Labute approximate surface area is 115 Å². The minimum atomic E-state index is -0.348. The van der Waals surface area contributed by atoms with Crippen molar-refractivity contribution in [2.45, 2.75) is 13.5 Å². The standard InChI is InChI=1S/C14H17N3O3/c1-9-6-11(4-5-12(9)18)15-7-10-8-16(2)14(20)17(3)13(10)19/h4-6,8,15,18H,7H2,1-3H3. The molecule has 0 aliphatic rings. The van der Waals surface area contributed by atoms with Crippen LogP contribution in [-0.2, 0) is 20.6 Å². The van der Waals surface area contributed by atoms with Gasteiger partial charge in [-0.05, 0) is 30.7 Å². The van der Waals surface area contributed by atoms with Gasteiger partial charge in [0.1, 0.15) is 5.75 Å². The van der Waals surface area contributed by atoms with E-state index in [4.69, 9.17) is 0 Å². The van der Waals surface area contributed by atoms with Gasteiger partial charge >= 0.3 is 5.69 Å². The Morgan fingerprint density at radius 1 is 1.25 bits per heavy atom. The fraction of sp³-hybridized carbons (Fsp3) is 0.286. The molecule has 1 heterocycles. The molecule has 1 aromatic heterocycles. The van der Waals surface area contributed by atoms with Gasteiger partial charge < -0.3 is 15.0 Å². The first kappa shape index (κ1) is 13.9. The predicted octanol–water partition coefficient (Wildman–Crippen LogP) is 0.710. The number of nitrogens with zero attached hydrogens (tertiary/aromatic N) is 2. The number of anilines is 1. The van der Waals surface area contributed by atoms with Crippen LogP contribution in [0, 0.1) is 6.92 Å². The Kier molecular flexibility index (Phi) is 3.65. The third-order valence-electron chi connectivity index (χ3n) is 3.20. The first-order valence-corrected chi connectivity index (χ1v) is 6.19. The van der Waals surface area contributed by atoms with Crippen LogP contribution in [0.3, 0.4) is 0 Å². The SMILES string of the molecule is Cc1cc(NCc2cn(C)c(=O)n(C)c2=O)ccc1O. The van der Waals surface area contributed by atoms with Crippen molar-refractivity contribution in [3.63, 3.8) is 0 Å². The summed E-state index contributed by atoms with van der Waals surface area (Å²) in [6.07, 6.45) is 1.53. The van der Waals surface area contributed by atoms with Crippen molar-refractivity contribution in [1.82, 2.24) is 9.13 Å². The Morgan fingerprint density at radius 2 is 1.95 bits per heavy atom. The summed E-state index contributed by atoms with van der Waals surface area (Å²) in [6, 6.07) is 5.12. The minimum absolute atomic E-state index is 0.230. The first-order valence-electron chi connectivity index (χ1n) is 6.19. The van der Waals surface area contributed by atoms with Gasteiger partial charge in [0.15, 0.2) is 0 Å². The molecule has 0 atom stereocenters. The fourth-order valence-electron chi connectivity index (χ4n) is 1.97. The highest BCUT2D eigenvalue weighted by molar-refractivity contribution is 5.50. The highest BCUT2D eigenvalue weighted by Crippen LogP contribution is 2.20. The van der Waals surface area contributed by atoms with Crippen LogP contribution >= 0.6 is 0 Å². The van der Waals surface area contributed by atoms with Crippen LogP contribution in [0.15, 0.2) is 34.0 Å². The van der Waals surface area contributed by atoms with E-state index in [1.807, 2.05) is 0 Å². The number of phenolic OH excluding ortho intramolecular Hbond substituents is 1. The zero-order valence-electron chi connectivity index (χ0n) is 11.7. The van der Waals surface area contributed by atoms with Gasteiger partial charge in [-0.15, -0.1) is 0 Å². The maximum Gasteiger partial charge on any atom is 0.330 e. The van der Waals surface area contributed by atoms with Crippen molar-refractivity contribution in [2.75, 3.05) is 5.32 Å². The molecule has 0 radical (unpaired) electrons. The van der Waals surface area contributed by atoms with Crippen LogP contribution in [0.25, 0.3) is 0 Å². The number of aromatic hydroxyl groups is 1. The van der Waals surface area contributed by atoms with E-state index in [1.54, 1.807) is 32.2 Å². The van der Waals surface area contributed by atoms with Crippen molar-refractivity contribution >= 4 is 5.69 Å². The van der Waals surface area contributed by atoms with Gasteiger partial charge in [0.2, 0.25) is 0 Å². The van der Waals surface area contributed by atoms with E-state index in [-0.39, 0.29) is 17.0 Å². The molecular formula is C14H17N3O3. The van der Waals surface area contributed by atoms with Crippen LogP contribution in [0.1, 0.15) is 11.1 Å². The molecule has 1 aromatic carbocycles. The lowest BCUT2D eigenvalue weighted by molar-refractivity contribution is 0.471. The molecular weight excluding hydrogens is 258 g/mol. The summed E-state index contributed by atoms with van der Waals surface area (Å²) in [6.45, 7) is 2.11. The van der Waals surface area contributed by atoms with Crippen LogP contribution in [0.5, 0.6) is 5.75 Å². The number of nitrogens with one attached hydrogen (secondary N) is 1. The quantitative estimate of drug-likeness (QED) is 0.809. The van der Waals surface area contributed by atoms with Gasteiger partial charge in [-0.2, -0.15) is 0 Å². The molecule has 0 bridgehead atoms. The lowest BCUT2D eigenvalue weighted by Crippen LogP contribution is -2.38. The van der Waals surface area contributed by atoms with Crippen molar-refractivity contribution < 1.29 is 5.11 Å². The van der Waals surface area contributed by atoms with Crippen molar-refractivity contribution in [2.24, 2.45) is 14.1 Å². The number of hydrogen-bond donors (Lipinski definition) is 2. The average molecular weight is 275 g/mol. The van der Waals surface area contributed by atoms with Crippen LogP contribution in [0.2, 0.25) is 0 Å². The second-order valence-electron chi connectivity index (χ2n) is 4.77. The van der Waals surface area contributed by atoms with E-state index in [0.29, 0.717) is 12.1 Å². The summed E-state index contributed by atoms with van der Waals surface area (Å²) < 4.78 is 2.46. The summed E-state index contributed by atoms with van der Waals surface area (Å²) in [5.41, 5.74) is 1.40. The molecule has 2 rings (SSSR count). The molecule has 0 fully saturated rings. The second-order valence-corrected chi connectivity index (χ2v) is 4.77. The lowest BCUT2D eigenvalue weighted by atomic mass is 10.2. The molecule has 106 valence electrons. The van der Waals surface area contributed by atoms with Gasteiger partial charge in [0.05, 0.1) is 5.56 Å². The molecule has 0 saturated heterocycles. The Balaban J connectivity index is 2.25. The molecule has 0 unspecified atom stereocenters. The molecule has 2 N–H and O–H groups in total. The summed E-state index contributed by atoms with van der Waals surface area (Å²) in [4.78, 5) is 23.5. The summed E-state index contributed by atoms with van der Waals surface area (Å²) in [5.74, 6) is 0.230. The normalized spacial score (nSPS) is 10.6. The Hall–Kier alpha value is -2.50. The third kappa shape index (κ3) is 2.59. The van der Waals surface area contributed by atoms with E-state index in [0.717, 1.165) is 15.8 Å². The zero-order valence-corrected chi connectivity index (χ0v) is 11.7. The third-order valence-corrected chi connectivity index (χ3v) is 3.20. The van der Waals surface area contributed by atoms with Crippen molar-refractivity contribution in [3.8, 4) is 5.75 Å². The highest BCUT2D eigenvalue weighted by atomic mass is 16.3. The second kappa shape index (κ2) is 5.24. The number of hydrogen-bond acceptors (Lipinski definition) is 4. The number of aromatic nitrogens is 2. The zero-order chi connectivity index (χ0) is 14.9. The first-order chi connectivity index (χ1) is 9.40.